The molecular formula is C14H10BrNO3. The van der Waals surface area contributed by atoms with Gasteiger partial charge in [-0.25, -0.2) is 4.79 Å². The van der Waals surface area contributed by atoms with Crippen molar-refractivity contribution in [3.63, 3.8) is 0 Å². The van der Waals surface area contributed by atoms with Gasteiger partial charge in [0.25, 0.3) is 0 Å². The van der Waals surface area contributed by atoms with E-state index in [2.05, 4.69) is 15.9 Å². The van der Waals surface area contributed by atoms with Gasteiger partial charge in [0.15, 0.2) is 0 Å². The van der Waals surface area contributed by atoms with E-state index in [1.807, 2.05) is 12.1 Å². The molecular weight excluding hydrogens is 310 g/mol. The largest absolute Gasteiger partial charge is 0.497 e. The van der Waals surface area contributed by atoms with Crippen LogP contribution in [0.2, 0.25) is 0 Å². The lowest BCUT2D eigenvalue weighted by atomic mass is 10.1. The molecule has 0 saturated heterocycles. The van der Waals surface area contributed by atoms with Gasteiger partial charge in [-0.15, -0.1) is 0 Å². The molecule has 1 aromatic heterocycles. The predicted molar refractivity (Wildman–Crippen MR) is 78.7 cm³/mol. The van der Waals surface area contributed by atoms with Crippen molar-refractivity contribution in [3.05, 3.63) is 45.2 Å². The highest BCUT2D eigenvalue weighted by Gasteiger charge is 2.12. The molecule has 0 atom stereocenters. The van der Waals surface area contributed by atoms with Crippen molar-refractivity contribution in [2.24, 2.45) is 0 Å². The number of methoxy groups -OCH3 is 1. The molecule has 0 aliphatic carbocycles. The standard InChI is InChI=1S/C14H10BrNO3/c1-18-7-2-5-11-9(6-7)8-3-4-10(16)13(15)12(8)14(17)19-11/h2-6H,16H2,1H3. The van der Waals surface area contributed by atoms with Crippen LogP contribution in [0.3, 0.4) is 0 Å². The first-order valence-corrected chi connectivity index (χ1v) is 6.39. The molecule has 4 nitrogen and oxygen atoms in total. The van der Waals surface area contributed by atoms with Crippen LogP contribution in [0.25, 0.3) is 21.7 Å². The number of hydrogen-bond donors (Lipinski definition) is 1. The maximum atomic E-state index is 12.0. The lowest BCUT2D eigenvalue weighted by Crippen LogP contribution is -2.02. The van der Waals surface area contributed by atoms with Crippen molar-refractivity contribution in [2.75, 3.05) is 12.8 Å². The Morgan fingerprint density at radius 1 is 1.21 bits per heavy atom. The van der Waals surface area contributed by atoms with Gasteiger partial charge >= 0.3 is 5.63 Å². The first-order chi connectivity index (χ1) is 9.11. The van der Waals surface area contributed by atoms with Gasteiger partial charge in [0.2, 0.25) is 0 Å². The van der Waals surface area contributed by atoms with Crippen molar-refractivity contribution < 1.29 is 9.15 Å². The number of halogens is 1. The van der Waals surface area contributed by atoms with Gasteiger partial charge in [-0.05, 0) is 40.2 Å². The van der Waals surface area contributed by atoms with Crippen LogP contribution in [0.4, 0.5) is 5.69 Å². The average molecular weight is 320 g/mol. The van der Waals surface area contributed by atoms with Crippen LogP contribution in [-0.4, -0.2) is 7.11 Å². The first kappa shape index (κ1) is 12.0. The van der Waals surface area contributed by atoms with E-state index in [1.54, 1.807) is 25.3 Å². The Kier molecular flexibility index (Phi) is 2.71. The van der Waals surface area contributed by atoms with Crippen LogP contribution in [0.15, 0.2) is 44.0 Å². The van der Waals surface area contributed by atoms with Crippen molar-refractivity contribution in [1.29, 1.82) is 0 Å². The average Bonchev–Trinajstić information content (AvgIpc) is 2.42. The summed E-state index contributed by atoms with van der Waals surface area (Å²) in [6.45, 7) is 0. The highest BCUT2D eigenvalue weighted by atomic mass is 79.9. The summed E-state index contributed by atoms with van der Waals surface area (Å²) in [4.78, 5) is 12.0. The predicted octanol–water partition coefficient (Wildman–Crippen LogP) is 3.30. The summed E-state index contributed by atoms with van der Waals surface area (Å²) in [7, 11) is 1.59. The molecule has 3 aromatic rings. The molecule has 0 radical (unpaired) electrons. The monoisotopic (exact) mass is 319 g/mol. The second-order valence-electron chi connectivity index (χ2n) is 4.14. The Bertz CT molecular complexity index is 855. The molecule has 0 saturated carbocycles. The summed E-state index contributed by atoms with van der Waals surface area (Å²) >= 11 is 3.34. The third-order valence-electron chi connectivity index (χ3n) is 3.06. The number of ether oxygens (including phenoxy) is 1. The minimum atomic E-state index is -0.410. The summed E-state index contributed by atoms with van der Waals surface area (Å²) in [5.74, 6) is 0.704. The summed E-state index contributed by atoms with van der Waals surface area (Å²) in [6.07, 6.45) is 0. The molecule has 0 bridgehead atoms. The molecule has 19 heavy (non-hydrogen) atoms. The molecule has 0 spiro atoms. The van der Waals surface area contributed by atoms with Gasteiger partial charge in [-0.1, -0.05) is 6.07 Å². The maximum Gasteiger partial charge on any atom is 0.345 e. The van der Waals surface area contributed by atoms with Crippen molar-refractivity contribution >= 4 is 43.4 Å². The number of nitrogens with two attached hydrogens (primary N) is 1. The second kappa shape index (κ2) is 4.28. The fourth-order valence-electron chi connectivity index (χ4n) is 2.10. The molecule has 0 unspecified atom stereocenters. The zero-order chi connectivity index (χ0) is 13.6. The Labute approximate surface area is 116 Å². The van der Waals surface area contributed by atoms with E-state index < -0.39 is 5.63 Å². The molecule has 0 fully saturated rings. The van der Waals surface area contributed by atoms with Crippen LogP contribution >= 0.6 is 15.9 Å². The van der Waals surface area contributed by atoms with E-state index in [-0.39, 0.29) is 0 Å². The molecule has 5 heteroatoms. The summed E-state index contributed by atoms with van der Waals surface area (Å²) in [5.41, 5.74) is 6.42. The summed E-state index contributed by atoms with van der Waals surface area (Å²) < 4.78 is 11.1. The third-order valence-corrected chi connectivity index (χ3v) is 3.91. The van der Waals surface area contributed by atoms with E-state index in [0.717, 1.165) is 10.8 Å². The minimum Gasteiger partial charge on any atom is -0.497 e. The third kappa shape index (κ3) is 1.77. The van der Waals surface area contributed by atoms with Crippen LogP contribution in [0, 0.1) is 0 Å². The molecule has 2 aromatic carbocycles. The molecule has 3 rings (SSSR count). The van der Waals surface area contributed by atoms with E-state index in [4.69, 9.17) is 14.9 Å². The van der Waals surface area contributed by atoms with Gasteiger partial charge < -0.3 is 14.9 Å². The SMILES string of the molecule is COc1ccc2oc(=O)c3c(Br)c(N)ccc3c2c1. The molecule has 2 N–H and O–H groups in total. The lowest BCUT2D eigenvalue weighted by Gasteiger charge is -2.07. The first-order valence-electron chi connectivity index (χ1n) is 5.60. The Balaban J connectivity index is 2.58. The Hall–Kier alpha value is -2.01. The molecule has 96 valence electrons. The van der Waals surface area contributed by atoms with Gasteiger partial charge in [-0.3, -0.25) is 0 Å². The summed E-state index contributed by atoms with van der Waals surface area (Å²) in [6, 6.07) is 8.88. The quantitative estimate of drug-likeness (QED) is 0.424. The molecule has 0 aliphatic heterocycles. The number of fused-ring (bicyclic) bond motifs is 3. The van der Waals surface area contributed by atoms with Gasteiger partial charge in [0.1, 0.15) is 11.3 Å². The van der Waals surface area contributed by atoms with Crippen LogP contribution in [0.1, 0.15) is 0 Å². The van der Waals surface area contributed by atoms with Gasteiger partial charge in [0, 0.05) is 16.5 Å². The normalized spacial score (nSPS) is 11.1. The van der Waals surface area contributed by atoms with E-state index in [0.29, 0.717) is 26.9 Å². The zero-order valence-electron chi connectivity index (χ0n) is 10.1. The molecule has 0 amide bonds. The molecule has 0 aliphatic rings. The highest BCUT2D eigenvalue weighted by Crippen LogP contribution is 2.32. The lowest BCUT2D eigenvalue weighted by molar-refractivity contribution is 0.415. The van der Waals surface area contributed by atoms with Crippen LogP contribution < -0.4 is 16.1 Å². The minimum absolute atomic E-state index is 0.410. The summed E-state index contributed by atoms with van der Waals surface area (Å²) in [5, 5.41) is 2.04. The van der Waals surface area contributed by atoms with Crippen LogP contribution in [-0.2, 0) is 0 Å². The smallest absolute Gasteiger partial charge is 0.345 e. The zero-order valence-corrected chi connectivity index (χ0v) is 11.7. The number of hydrogen-bond acceptors (Lipinski definition) is 4. The fourth-order valence-corrected chi connectivity index (χ4v) is 2.61. The van der Waals surface area contributed by atoms with Crippen molar-refractivity contribution in [1.82, 2.24) is 0 Å². The van der Waals surface area contributed by atoms with E-state index in [1.165, 1.54) is 0 Å². The number of nitrogen functional groups attached to an aromatic ring is 1. The molecule has 1 heterocycles. The van der Waals surface area contributed by atoms with Gasteiger partial charge in [-0.2, -0.15) is 0 Å². The number of rotatable bonds is 1. The number of anilines is 1. The second-order valence-corrected chi connectivity index (χ2v) is 4.94. The Morgan fingerprint density at radius 2 is 2.00 bits per heavy atom. The Morgan fingerprint density at radius 3 is 2.74 bits per heavy atom. The van der Waals surface area contributed by atoms with E-state index in [9.17, 15) is 4.79 Å². The van der Waals surface area contributed by atoms with Crippen LogP contribution in [0.5, 0.6) is 5.75 Å². The number of benzene rings is 2. The highest BCUT2D eigenvalue weighted by molar-refractivity contribution is 9.10. The topological polar surface area (TPSA) is 65.5 Å². The fraction of sp³-hybridized carbons (Fsp3) is 0.0714. The van der Waals surface area contributed by atoms with E-state index >= 15 is 0 Å². The van der Waals surface area contributed by atoms with Crippen molar-refractivity contribution in [3.8, 4) is 5.75 Å². The van der Waals surface area contributed by atoms with Gasteiger partial charge in [0.05, 0.1) is 17.0 Å². The van der Waals surface area contributed by atoms with Crippen molar-refractivity contribution in [2.45, 2.75) is 0 Å². The maximum absolute atomic E-state index is 12.0.